The van der Waals surface area contributed by atoms with E-state index in [0.717, 1.165) is 25.1 Å². The topological polar surface area (TPSA) is 66.9 Å². The largest absolute Gasteiger partial charge is 0.380 e. The normalized spacial score (nSPS) is 24.2. The molecule has 2 aliphatic heterocycles. The molecule has 0 saturated carbocycles. The monoisotopic (exact) mass is 352 g/mol. The minimum Gasteiger partial charge on any atom is -0.380 e. The van der Waals surface area contributed by atoms with Gasteiger partial charge >= 0.3 is 0 Å². The molecular weight excluding hydrogens is 328 g/mol. The molecule has 2 saturated heterocycles. The predicted octanol–water partition coefficient (Wildman–Crippen LogP) is 0.778. The van der Waals surface area contributed by atoms with Gasteiger partial charge in [-0.05, 0) is 24.1 Å². The van der Waals surface area contributed by atoms with Crippen LogP contribution in [-0.4, -0.2) is 75.0 Å². The van der Waals surface area contributed by atoms with Crippen molar-refractivity contribution >= 4 is 15.7 Å². The number of amides is 1. The van der Waals surface area contributed by atoms with Gasteiger partial charge in [-0.25, -0.2) is 8.42 Å². The summed E-state index contributed by atoms with van der Waals surface area (Å²) >= 11 is 0. The second-order valence-electron chi connectivity index (χ2n) is 6.51. The number of ether oxygens (including phenoxy) is 1. The fraction of sp³-hybridized carbons (Fsp3) is 0.588. The lowest BCUT2D eigenvalue weighted by Gasteiger charge is -2.37. The average molecular weight is 352 g/mol. The number of piperazine rings is 1. The molecular formula is C17H24N2O4S. The van der Waals surface area contributed by atoms with Crippen molar-refractivity contribution in [1.82, 2.24) is 9.80 Å². The van der Waals surface area contributed by atoms with Crippen molar-refractivity contribution in [3.63, 3.8) is 0 Å². The van der Waals surface area contributed by atoms with Crippen LogP contribution in [0.1, 0.15) is 22.3 Å². The van der Waals surface area contributed by atoms with Crippen LogP contribution in [0.25, 0.3) is 0 Å². The molecule has 0 N–H and O–H groups in total. The van der Waals surface area contributed by atoms with E-state index in [2.05, 4.69) is 4.90 Å². The Bertz CT molecular complexity index is 679. The predicted molar refractivity (Wildman–Crippen MR) is 91.7 cm³/mol. The zero-order valence-electron chi connectivity index (χ0n) is 14.0. The number of nitrogens with zero attached hydrogens (tertiary/aromatic N) is 2. The molecule has 0 bridgehead atoms. The van der Waals surface area contributed by atoms with E-state index in [0.29, 0.717) is 31.0 Å². The van der Waals surface area contributed by atoms with Gasteiger partial charge in [0.15, 0.2) is 9.84 Å². The maximum Gasteiger partial charge on any atom is 0.253 e. The zero-order valence-corrected chi connectivity index (χ0v) is 14.8. The molecule has 1 aromatic rings. The molecule has 0 radical (unpaired) electrons. The Morgan fingerprint density at radius 2 is 1.83 bits per heavy atom. The molecule has 0 aromatic heterocycles. The Balaban J connectivity index is 1.55. The maximum atomic E-state index is 12.6. The van der Waals surface area contributed by atoms with E-state index < -0.39 is 9.84 Å². The highest BCUT2D eigenvalue weighted by Gasteiger charge is 2.34. The van der Waals surface area contributed by atoms with Gasteiger partial charge in [-0.1, -0.05) is 12.1 Å². The van der Waals surface area contributed by atoms with Gasteiger partial charge in [0.05, 0.1) is 18.1 Å². The van der Waals surface area contributed by atoms with Gasteiger partial charge in [-0.3, -0.25) is 9.69 Å². The molecule has 1 amide bonds. The first-order valence-corrected chi connectivity index (χ1v) is 10.1. The molecule has 1 aromatic carbocycles. The third-order valence-corrected chi connectivity index (χ3v) is 6.59. The van der Waals surface area contributed by atoms with Crippen LogP contribution >= 0.6 is 0 Å². The van der Waals surface area contributed by atoms with Crippen LogP contribution in [0, 0.1) is 0 Å². The fourth-order valence-electron chi connectivity index (χ4n) is 3.45. The summed E-state index contributed by atoms with van der Waals surface area (Å²) in [5.74, 6) is 0.602. The molecule has 3 rings (SSSR count). The fourth-order valence-corrected chi connectivity index (χ4v) is 5.21. The minimum atomic E-state index is -2.86. The molecule has 132 valence electrons. The summed E-state index contributed by atoms with van der Waals surface area (Å²) < 4.78 is 28.3. The van der Waals surface area contributed by atoms with Gasteiger partial charge in [-0.15, -0.1) is 0 Å². The number of hydrogen-bond donors (Lipinski definition) is 0. The van der Waals surface area contributed by atoms with Crippen molar-refractivity contribution < 1.29 is 17.9 Å². The van der Waals surface area contributed by atoms with Crippen molar-refractivity contribution in [2.45, 2.75) is 19.1 Å². The van der Waals surface area contributed by atoms with Crippen molar-refractivity contribution in [3.05, 3.63) is 35.4 Å². The van der Waals surface area contributed by atoms with Crippen LogP contribution < -0.4 is 0 Å². The number of carbonyl (C=O) groups excluding carboxylic acids is 1. The molecule has 24 heavy (non-hydrogen) atoms. The van der Waals surface area contributed by atoms with Gasteiger partial charge in [0.2, 0.25) is 0 Å². The summed E-state index contributed by atoms with van der Waals surface area (Å²) in [6, 6.07) is 7.63. The quantitative estimate of drug-likeness (QED) is 0.801. The molecule has 2 aliphatic rings. The Labute approximate surface area is 143 Å². The first kappa shape index (κ1) is 17.4. The van der Waals surface area contributed by atoms with E-state index in [9.17, 15) is 13.2 Å². The highest BCUT2D eigenvalue weighted by Crippen LogP contribution is 2.20. The number of carbonyl (C=O) groups is 1. The standard InChI is InChI=1S/C17H24N2O4S/c1-23-12-14-2-4-15(5-3-14)17(20)19-9-7-18(8-10-19)16-6-11-24(21,22)13-16/h2-5,16H,6-13H2,1H3/t16-/m1/s1. The van der Waals surface area contributed by atoms with E-state index in [1.807, 2.05) is 29.2 Å². The van der Waals surface area contributed by atoms with Crippen LogP contribution in [0.2, 0.25) is 0 Å². The zero-order chi connectivity index (χ0) is 17.2. The number of rotatable bonds is 4. The Morgan fingerprint density at radius 3 is 2.38 bits per heavy atom. The molecule has 0 aliphatic carbocycles. The lowest BCUT2D eigenvalue weighted by atomic mass is 10.1. The van der Waals surface area contributed by atoms with Gasteiger partial charge in [0, 0.05) is 44.9 Å². The third kappa shape index (κ3) is 3.96. The Morgan fingerprint density at radius 1 is 1.17 bits per heavy atom. The molecule has 0 unspecified atom stereocenters. The van der Waals surface area contributed by atoms with Crippen LogP contribution in [0.3, 0.4) is 0 Å². The Hall–Kier alpha value is -1.44. The lowest BCUT2D eigenvalue weighted by molar-refractivity contribution is 0.0587. The smallest absolute Gasteiger partial charge is 0.253 e. The second kappa shape index (κ2) is 7.21. The number of methoxy groups -OCH3 is 1. The van der Waals surface area contributed by atoms with E-state index in [4.69, 9.17) is 4.74 Å². The summed E-state index contributed by atoms with van der Waals surface area (Å²) in [7, 11) is -1.21. The molecule has 2 heterocycles. The SMILES string of the molecule is COCc1ccc(C(=O)N2CCN([C@@H]3CCS(=O)(=O)C3)CC2)cc1. The summed E-state index contributed by atoms with van der Waals surface area (Å²) in [5, 5.41) is 0. The van der Waals surface area contributed by atoms with Gasteiger partial charge in [-0.2, -0.15) is 0 Å². The van der Waals surface area contributed by atoms with Crippen molar-refractivity contribution in [3.8, 4) is 0 Å². The Kier molecular flexibility index (Phi) is 5.22. The number of sulfone groups is 1. The third-order valence-electron chi connectivity index (χ3n) is 4.84. The highest BCUT2D eigenvalue weighted by molar-refractivity contribution is 7.91. The number of hydrogen-bond acceptors (Lipinski definition) is 5. The van der Waals surface area contributed by atoms with Crippen molar-refractivity contribution in [2.24, 2.45) is 0 Å². The van der Waals surface area contributed by atoms with Crippen LogP contribution in [0.5, 0.6) is 0 Å². The van der Waals surface area contributed by atoms with E-state index in [1.54, 1.807) is 7.11 Å². The van der Waals surface area contributed by atoms with Crippen LogP contribution in [0.15, 0.2) is 24.3 Å². The van der Waals surface area contributed by atoms with Crippen LogP contribution in [0.4, 0.5) is 0 Å². The summed E-state index contributed by atoms with van der Waals surface area (Å²) in [4.78, 5) is 16.7. The molecule has 1 atom stereocenters. The van der Waals surface area contributed by atoms with Crippen molar-refractivity contribution in [2.75, 3.05) is 44.8 Å². The van der Waals surface area contributed by atoms with E-state index in [-0.39, 0.29) is 17.7 Å². The van der Waals surface area contributed by atoms with Gasteiger partial charge in [0.1, 0.15) is 0 Å². The van der Waals surface area contributed by atoms with E-state index in [1.165, 1.54) is 0 Å². The lowest BCUT2D eigenvalue weighted by Crippen LogP contribution is -2.52. The summed E-state index contributed by atoms with van der Waals surface area (Å²) in [6.45, 7) is 3.32. The first-order valence-electron chi connectivity index (χ1n) is 8.30. The van der Waals surface area contributed by atoms with Crippen LogP contribution in [-0.2, 0) is 21.2 Å². The number of benzene rings is 1. The summed E-state index contributed by atoms with van der Waals surface area (Å²) in [5.41, 5.74) is 1.73. The maximum absolute atomic E-state index is 12.6. The molecule has 6 nitrogen and oxygen atoms in total. The molecule has 0 spiro atoms. The summed E-state index contributed by atoms with van der Waals surface area (Å²) in [6.07, 6.45) is 0.719. The average Bonchev–Trinajstić information content (AvgIpc) is 2.95. The first-order chi connectivity index (χ1) is 11.5. The van der Waals surface area contributed by atoms with Gasteiger partial charge < -0.3 is 9.64 Å². The van der Waals surface area contributed by atoms with Crippen molar-refractivity contribution in [1.29, 1.82) is 0 Å². The highest BCUT2D eigenvalue weighted by atomic mass is 32.2. The molecule has 2 fully saturated rings. The minimum absolute atomic E-state index is 0.0395. The van der Waals surface area contributed by atoms with E-state index >= 15 is 0 Å². The second-order valence-corrected chi connectivity index (χ2v) is 8.74. The van der Waals surface area contributed by atoms with Gasteiger partial charge in [0.25, 0.3) is 5.91 Å². The molecule has 7 heteroatoms.